The number of likely N-dealkylation sites (tertiary alicyclic amines) is 1. The van der Waals surface area contributed by atoms with Crippen molar-refractivity contribution in [2.75, 3.05) is 26.7 Å². The number of likely N-dealkylation sites (N-methyl/N-ethyl adjacent to an activating group) is 1. The van der Waals surface area contributed by atoms with Crippen molar-refractivity contribution in [1.82, 2.24) is 15.1 Å². The third-order valence-electron chi connectivity index (χ3n) is 5.77. The number of nitrogens with zero attached hydrogens (tertiary/aromatic N) is 2. The molecule has 3 rings (SSSR count). The van der Waals surface area contributed by atoms with Gasteiger partial charge < -0.3 is 15.3 Å². The van der Waals surface area contributed by atoms with E-state index in [1.54, 1.807) is 4.90 Å². The van der Waals surface area contributed by atoms with Crippen LogP contribution in [0.25, 0.3) is 0 Å². The normalized spacial score (nSPS) is 23.9. The third kappa shape index (κ3) is 5.45. The van der Waals surface area contributed by atoms with Crippen molar-refractivity contribution < 1.29 is 14.7 Å². The van der Waals surface area contributed by atoms with Crippen molar-refractivity contribution in [2.24, 2.45) is 17.8 Å². The number of carboxylic acids is 1. The number of urea groups is 1. The molecule has 0 radical (unpaired) electrons. The molecule has 3 atom stereocenters. The van der Waals surface area contributed by atoms with Gasteiger partial charge in [-0.05, 0) is 43.7 Å². The highest BCUT2D eigenvalue weighted by Crippen LogP contribution is 2.35. The molecule has 2 amide bonds. The van der Waals surface area contributed by atoms with Gasteiger partial charge in [-0.25, -0.2) is 4.79 Å². The van der Waals surface area contributed by atoms with Crippen molar-refractivity contribution in [2.45, 2.75) is 38.8 Å². The van der Waals surface area contributed by atoms with Crippen molar-refractivity contribution in [3.8, 4) is 0 Å². The van der Waals surface area contributed by atoms with E-state index in [2.05, 4.69) is 29.4 Å². The van der Waals surface area contributed by atoms with Crippen LogP contribution in [0.4, 0.5) is 4.79 Å². The predicted octanol–water partition coefficient (Wildman–Crippen LogP) is 2.65. The monoisotopic (exact) mass is 373 g/mol. The molecule has 2 fully saturated rings. The molecule has 1 saturated carbocycles. The standard InChI is InChI=1S/C21H31N3O3/c1-15-10-18(20(25)26)14-24(12-15)21(27)22-11-19(17-8-9-17)23(2)13-16-6-4-3-5-7-16/h3-7,15,17-19H,8-14H2,1-2H3,(H,22,27)(H,25,26). The van der Waals surface area contributed by atoms with E-state index in [4.69, 9.17) is 0 Å². The van der Waals surface area contributed by atoms with E-state index in [9.17, 15) is 14.7 Å². The summed E-state index contributed by atoms with van der Waals surface area (Å²) in [6, 6.07) is 10.5. The van der Waals surface area contributed by atoms with Crippen molar-refractivity contribution >= 4 is 12.0 Å². The smallest absolute Gasteiger partial charge is 0.317 e. The highest BCUT2D eigenvalue weighted by Gasteiger charge is 2.35. The molecule has 1 aliphatic carbocycles. The van der Waals surface area contributed by atoms with Gasteiger partial charge in [0.2, 0.25) is 0 Å². The fraction of sp³-hybridized carbons (Fsp3) is 0.619. The SMILES string of the molecule is CC1CC(C(=O)O)CN(C(=O)NCC(C2CC2)N(C)Cc2ccccc2)C1. The Hall–Kier alpha value is -2.08. The second-order valence-corrected chi connectivity index (χ2v) is 8.27. The molecule has 2 aliphatic rings. The Morgan fingerprint density at radius 3 is 2.59 bits per heavy atom. The first-order valence-corrected chi connectivity index (χ1v) is 9.93. The van der Waals surface area contributed by atoms with E-state index in [1.807, 2.05) is 25.1 Å². The molecular weight excluding hydrogens is 342 g/mol. The van der Waals surface area contributed by atoms with Gasteiger partial charge in [0.1, 0.15) is 0 Å². The number of carbonyl (C=O) groups is 2. The summed E-state index contributed by atoms with van der Waals surface area (Å²) in [5.74, 6) is -0.422. The summed E-state index contributed by atoms with van der Waals surface area (Å²) in [7, 11) is 2.12. The number of hydrogen-bond acceptors (Lipinski definition) is 3. The van der Waals surface area contributed by atoms with Crippen LogP contribution in [-0.4, -0.2) is 59.6 Å². The van der Waals surface area contributed by atoms with Gasteiger partial charge in [0.15, 0.2) is 0 Å². The molecule has 1 saturated heterocycles. The lowest BCUT2D eigenvalue weighted by Gasteiger charge is -2.35. The lowest BCUT2D eigenvalue weighted by molar-refractivity contribution is -0.143. The molecule has 6 heteroatoms. The molecule has 0 aromatic heterocycles. The molecular formula is C21H31N3O3. The first kappa shape index (κ1) is 19.7. The van der Waals surface area contributed by atoms with E-state index in [0.29, 0.717) is 38.0 Å². The van der Waals surface area contributed by atoms with Crippen LogP contribution in [-0.2, 0) is 11.3 Å². The average molecular weight is 373 g/mol. The molecule has 0 spiro atoms. The fourth-order valence-electron chi connectivity index (χ4n) is 4.15. The minimum Gasteiger partial charge on any atom is -0.481 e. The molecule has 2 N–H and O–H groups in total. The van der Waals surface area contributed by atoms with Crippen molar-refractivity contribution in [1.29, 1.82) is 0 Å². The maximum atomic E-state index is 12.6. The summed E-state index contributed by atoms with van der Waals surface area (Å²) in [5, 5.41) is 12.4. The third-order valence-corrected chi connectivity index (χ3v) is 5.77. The molecule has 3 unspecified atom stereocenters. The Balaban J connectivity index is 1.54. The Morgan fingerprint density at radius 1 is 1.26 bits per heavy atom. The Morgan fingerprint density at radius 2 is 1.96 bits per heavy atom. The minimum atomic E-state index is -0.808. The lowest BCUT2D eigenvalue weighted by atomic mass is 9.91. The number of piperidine rings is 1. The summed E-state index contributed by atoms with van der Waals surface area (Å²) in [5.41, 5.74) is 1.27. The van der Waals surface area contributed by atoms with Crippen LogP contribution >= 0.6 is 0 Å². The number of hydrogen-bond donors (Lipinski definition) is 2. The van der Waals surface area contributed by atoms with Gasteiger partial charge in [0.25, 0.3) is 0 Å². The van der Waals surface area contributed by atoms with Gasteiger partial charge in [-0.1, -0.05) is 37.3 Å². The van der Waals surface area contributed by atoms with Gasteiger partial charge in [-0.15, -0.1) is 0 Å². The van der Waals surface area contributed by atoms with Crippen LogP contribution in [0, 0.1) is 17.8 Å². The molecule has 6 nitrogen and oxygen atoms in total. The number of nitrogens with one attached hydrogen (secondary N) is 1. The topological polar surface area (TPSA) is 72.9 Å². The van der Waals surface area contributed by atoms with Gasteiger partial charge >= 0.3 is 12.0 Å². The highest BCUT2D eigenvalue weighted by molar-refractivity contribution is 5.76. The van der Waals surface area contributed by atoms with E-state index < -0.39 is 11.9 Å². The summed E-state index contributed by atoms with van der Waals surface area (Å²) >= 11 is 0. The first-order chi connectivity index (χ1) is 12.9. The van der Waals surface area contributed by atoms with Gasteiger partial charge in [-0.3, -0.25) is 9.69 Å². The van der Waals surface area contributed by atoms with Gasteiger partial charge in [0, 0.05) is 32.2 Å². The van der Waals surface area contributed by atoms with Crippen molar-refractivity contribution in [3.05, 3.63) is 35.9 Å². The van der Waals surface area contributed by atoms with Crippen LogP contribution in [0.3, 0.4) is 0 Å². The summed E-state index contributed by atoms with van der Waals surface area (Å²) in [6.45, 7) is 4.41. The number of carboxylic acid groups (broad SMARTS) is 1. The van der Waals surface area contributed by atoms with Gasteiger partial charge in [0.05, 0.1) is 5.92 Å². The van der Waals surface area contributed by atoms with Crippen molar-refractivity contribution in [3.63, 3.8) is 0 Å². The maximum absolute atomic E-state index is 12.6. The zero-order chi connectivity index (χ0) is 19.4. The first-order valence-electron chi connectivity index (χ1n) is 9.93. The Bertz CT molecular complexity index is 647. The maximum Gasteiger partial charge on any atom is 0.317 e. The highest BCUT2D eigenvalue weighted by atomic mass is 16.4. The number of carbonyl (C=O) groups excluding carboxylic acids is 1. The fourth-order valence-corrected chi connectivity index (χ4v) is 4.15. The number of benzene rings is 1. The Kier molecular flexibility index (Phi) is 6.37. The van der Waals surface area contributed by atoms with Crippen LogP contribution in [0.15, 0.2) is 30.3 Å². The zero-order valence-electron chi connectivity index (χ0n) is 16.3. The molecule has 1 aromatic rings. The lowest BCUT2D eigenvalue weighted by Crippen LogP contribution is -2.52. The number of amides is 2. The number of aliphatic carboxylic acids is 1. The summed E-state index contributed by atoms with van der Waals surface area (Å²) in [6.07, 6.45) is 3.06. The van der Waals surface area contributed by atoms with Crippen LogP contribution in [0.2, 0.25) is 0 Å². The predicted molar refractivity (Wildman–Crippen MR) is 104 cm³/mol. The second kappa shape index (κ2) is 8.74. The molecule has 148 valence electrons. The quantitative estimate of drug-likeness (QED) is 0.771. The minimum absolute atomic E-state index is 0.133. The van der Waals surface area contributed by atoms with Crippen LogP contribution < -0.4 is 5.32 Å². The Labute approximate surface area is 161 Å². The molecule has 27 heavy (non-hydrogen) atoms. The van der Waals surface area contributed by atoms with E-state index in [-0.39, 0.29) is 11.9 Å². The largest absolute Gasteiger partial charge is 0.481 e. The van der Waals surface area contributed by atoms with Gasteiger partial charge in [-0.2, -0.15) is 0 Å². The van der Waals surface area contributed by atoms with Crippen LogP contribution in [0.5, 0.6) is 0 Å². The van der Waals surface area contributed by atoms with Crippen LogP contribution in [0.1, 0.15) is 31.7 Å². The average Bonchev–Trinajstić information content (AvgIpc) is 3.47. The zero-order valence-corrected chi connectivity index (χ0v) is 16.3. The molecule has 0 bridgehead atoms. The summed E-state index contributed by atoms with van der Waals surface area (Å²) < 4.78 is 0. The number of rotatable bonds is 7. The summed E-state index contributed by atoms with van der Waals surface area (Å²) in [4.78, 5) is 28.0. The van der Waals surface area contributed by atoms with E-state index in [1.165, 1.54) is 18.4 Å². The second-order valence-electron chi connectivity index (χ2n) is 8.27. The molecule has 1 aromatic carbocycles. The molecule has 1 heterocycles. The van der Waals surface area contributed by atoms with E-state index >= 15 is 0 Å². The molecule has 1 aliphatic heterocycles. The van der Waals surface area contributed by atoms with E-state index in [0.717, 1.165) is 6.54 Å².